The van der Waals surface area contributed by atoms with Crippen LogP contribution >= 0.6 is 23.2 Å². The second kappa shape index (κ2) is 8.83. The topological polar surface area (TPSA) is 66.4 Å². The molecule has 1 saturated carbocycles. The SMILES string of the molecule is CC1(C2CCCC2)Cc2cc(OCCCC(=O)[O-])c(Cl)c(Cl)c2C1=O.[Na+]. The summed E-state index contributed by atoms with van der Waals surface area (Å²) in [6, 6.07) is 1.79. The standard InChI is InChI=1S/C19H22Cl2O4.Na/c1-19(12-5-2-3-6-12)10-11-9-13(25-8-4-7-14(22)23)16(20)17(21)15(11)18(19)24;/h9,12H,2-8,10H2,1H3,(H,22,23);/q;+1/p-1. The van der Waals surface area contributed by atoms with Crippen LogP contribution in [0, 0.1) is 11.3 Å². The van der Waals surface area contributed by atoms with Crippen molar-refractivity contribution >= 4 is 35.0 Å². The largest absolute Gasteiger partial charge is 1.00 e. The van der Waals surface area contributed by atoms with Gasteiger partial charge in [-0.05, 0) is 49.7 Å². The summed E-state index contributed by atoms with van der Waals surface area (Å²) in [7, 11) is 0. The third-order valence-electron chi connectivity index (χ3n) is 5.60. The van der Waals surface area contributed by atoms with Gasteiger partial charge in [-0.2, -0.15) is 0 Å². The van der Waals surface area contributed by atoms with Gasteiger partial charge in [0.25, 0.3) is 0 Å². The number of halogens is 2. The van der Waals surface area contributed by atoms with Gasteiger partial charge in [0.1, 0.15) is 10.8 Å². The number of carbonyl (C=O) groups is 2. The maximum Gasteiger partial charge on any atom is 1.00 e. The Balaban J connectivity index is 0.00000243. The third kappa shape index (κ3) is 4.10. The van der Waals surface area contributed by atoms with Crippen LogP contribution in [0.4, 0.5) is 0 Å². The van der Waals surface area contributed by atoms with Gasteiger partial charge in [0.2, 0.25) is 0 Å². The molecule has 1 aromatic rings. The second-order valence-corrected chi connectivity index (χ2v) is 8.02. The van der Waals surface area contributed by atoms with Crippen LogP contribution in [0.2, 0.25) is 10.0 Å². The molecule has 1 atom stereocenters. The molecule has 7 heteroatoms. The van der Waals surface area contributed by atoms with E-state index in [4.69, 9.17) is 27.9 Å². The summed E-state index contributed by atoms with van der Waals surface area (Å²) in [5.74, 6) is -0.230. The van der Waals surface area contributed by atoms with Crippen molar-refractivity contribution in [2.45, 2.75) is 51.9 Å². The van der Waals surface area contributed by atoms with Crippen molar-refractivity contribution in [3.8, 4) is 5.75 Å². The Hall–Kier alpha value is -0.260. The molecule has 0 aromatic heterocycles. The molecule has 2 aliphatic rings. The van der Waals surface area contributed by atoms with E-state index >= 15 is 0 Å². The van der Waals surface area contributed by atoms with Crippen LogP contribution in [0.3, 0.4) is 0 Å². The number of hydrogen-bond acceptors (Lipinski definition) is 4. The molecular formula is C19H21Cl2NaO4. The van der Waals surface area contributed by atoms with Gasteiger partial charge < -0.3 is 14.6 Å². The quantitative estimate of drug-likeness (QED) is 0.518. The number of hydrogen-bond donors (Lipinski definition) is 0. The summed E-state index contributed by atoms with van der Waals surface area (Å²) >= 11 is 12.7. The minimum absolute atomic E-state index is 0. The Morgan fingerprint density at radius 3 is 2.58 bits per heavy atom. The minimum Gasteiger partial charge on any atom is -0.550 e. The molecule has 0 amide bonds. The van der Waals surface area contributed by atoms with E-state index in [0.717, 1.165) is 18.4 Å². The second-order valence-electron chi connectivity index (χ2n) is 7.27. The molecule has 26 heavy (non-hydrogen) atoms. The van der Waals surface area contributed by atoms with Crippen LogP contribution in [0.15, 0.2) is 6.07 Å². The fraction of sp³-hybridized carbons (Fsp3) is 0.579. The number of fused-ring (bicyclic) bond motifs is 1. The fourth-order valence-corrected chi connectivity index (χ4v) is 4.70. The molecule has 1 unspecified atom stereocenters. The Morgan fingerprint density at radius 2 is 1.96 bits per heavy atom. The molecule has 0 radical (unpaired) electrons. The van der Waals surface area contributed by atoms with Crippen molar-refractivity contribution in [3.63, 3.8) is 0 Å². The predicted molar refractivity (Wildman–Crippen MR) is 94.3 cm³/mol. The zero-order valence-electron chi connectivity index (χ0n) is 15.2. The Bertz CT molecular complexity index is 716. The maximum atomic E-state index is 13.1. The number of Topliss-reactive ketones (excluding diaryl/α,β-unsaturated/α-hetero) is 1. The summed E-state index contributed by atoms with van der Waals surface area (Å²) in [5.41, 5.74) is 0.992. The van der Waals surface area contributed by atoms with E-state index in [1.54, 1.807) is 6.07 Å². The number of carboxylic acids is 1. The molecule has 2 aliphatic carbocycles. The van der Waals surface area contributed by atoms with Crippen LogP contribution in [0.5, 0.6) is 5.75 Å². The van der Waals surface area contributed by atoms with Crippen LogP contribution < -0.4 is 39.4 Å². The summed E-state index contributed by atoms with van der Waals surface area (Å²) in [6.45, 7) is 2.24. The monoisotopic (exact) mass is 406 g/mol. The Kier molecular flexibility index (Phi) is 7.48. The van der Waals surface area contributed by atoms with Crippen LogP contribution in [-0.4, -0.2) is 18.4 Å². The smallest absolute Gasteiger partial charge is 0.550 e. The van der Waals surface area contributed by atoms with Crippen molar-refractivity contribution < 1.29 is 49.0 Å². The summed E-state index contributed by atoms with van der Waals surface area (Å²) in [4.78, 5) is 23.5. The molecule has 1 fully saturated rings. The first-order chi connectivity index (χ1) is 11.8. The van der Waals surface area contributed by atoms with E-state index in [0.29, 0.717) is 30.1 Å². The first-order valence-electron chi connectivity index (χ1n) is 8.73. The van der Waals surface area contributed by atoms with Crippen LogP contribution in [0.1, 0.15) is 61.4 Å². The van der Waals surface area contributed by atoms with E-state index in [1.807, 2.05) is 6.92 Å². The zero-order valence-corrected chi connectivity index (χ0v) is 18.7. The molecule has 4 nitrogen and oxygen atoms in total. The fourth-order valence-electron chi connectivity index (χ4n) is 4.20. The Labute approximate surface area is 185 Å². The number of ether oxygens (including phenoxy) is 1. The van der Waals surface area contributed by atoms with E-state index in [9.17, 15) is 14.7 Å². The molecule has 0 bridgehead atoms. The first kappa shape index (κ1) is 22.0. The number of ketones is 1. The first-order valence-corrected chi connectivity index (χ1v) is 9.48. The van der Waals surface area contributed by atoms with Gasteiger partial charge in [-0.3, -0.25) is 4.79 Å². The molecule has 0 N–H and O–H groups in total. The predicted octanol–water partition coefficient (Wildman–Crippen LogP) is 0.842. The number of carbonyl (C=O) groups excluding carboxylic acids is 2. The molecule has 0 aliphatic heterocycles. The van der Waals surface area contributed by atoms with Gasteiger partial charge in [-0.15, -0.1) is 0 Å². The van der Waals surface area contributed by atoms with Crippen molar-refractivity contribution in [3.05, 3.63) is 27.2 Å². The van der Waals surface area contributed by atoms with Gasteiger partial charge >= 0.3 is 29.6 Å². The van der Waals surface area contributed by atoms with Crippen molar-refractivity contribution in [2.24, 2.45) is 11.3 Å². The summed E-state index contributed by atoms with van der Waals surface area (Å²) in [6.07, 6.45) is 5.40. The van der Waals surface area contributed by atoms with Gasteiger partial charge in [0, 0.05) is 16.9 Å². The normalized spacial score (nSPS) is 22.2. The molecule has 1 aromatic carbocycles. The molecule has 136 valence electrons. The molecule has 3 rings (SSSR count). The van der Waals surface area contributed by atoms with Gasteiger partial charge in [0.15, 0.2) is 5.78 Å². The maximum absolute atomic E-state index is 13.1. The van der Waals surface area contributed by atoms with Gasteiger partial charge in [-0.25, -0.2) is 0 Å². The molecular weight excluding hydrogens is 386 g/mol. The van der Waals surface area contributed by atoms with Crippen LogP contribution in [0.25, 0.3) is 0 Å². The van der Waals surface area contributed by atoms with Crippen molar-refractivity contribution in [2.75, 3.05) is 6.61 Å². The average Bonchev–Trinajstić information content (AvgIpc) is 3.17. The summed E-state index contributed by atoms with van der Waals surface area (Å²) in [5, 5.41) is 10.9. The van der Waals surface area contributed by atoms with E-state index in [1.165, 1.54) is 12.8 Å². The number of carboxylic acid groups (broad SMARTS) is 1. The van der Waals surface area contributed by atoms with Crippen LogP contribution in [-0.2, 0) is 11.2 Å². The molecule has 0 spiro atoms. The van der Waals surface area contributed by atoms with Gasteiger partial charge in [0.05, 0.1) is 11.6 Å². The van der Waals surface area contributed by atoms with E-state index in [-0.39, 0.29) is 58.4 Å². The number of benzene rings is 1. The van der Waals surface area contributed by atoms with Gasteiger partial charge in [-0.1, -0.05) is 43.0 Å². The zero-order chi connectivity index (χ0) is 18.2. The van der Waals surface area contributed by atoms with E-state index in [2.05, 4.69) is 0 Å². The Morgan fingerprint density at radius 1 is 1.31 bits per heavy atom. The third-order valence-corrected chi connectivity index (χ3v) is 6.45. The number of aliphatic carboxylic acids is 1. The molecule has 0 saturated heterocycles. The van der Waals surface area contributed by atoms with E-state index < -0.39 is 11.4 Å². The molecule has 0 heterocycles. The average molecular weight is 407 g/mol. The minimum atomic E-state index is -1.11. The summed E-state index contributed by atoms with van der Waals surface area (Å²) < 4.78 is 5.60. The number of rotatable bonds is 6. The van der Waals surface area contributed by atoms with Crippen molar-refractivity contribution in [1.29, 1.82) is 0 Å². The van der Waals surface area contributed by atoms with Crippen molar-refractivity contribution in [1.82, 2.24) is 0 Å².